The molecule has 0 spiro atoms. The van der Waals surface area contributed by atoms with E-state index in [-0.39, 0.29) is 39.3 Å². The highest BCUT2D eigenvalue weighted by molar-refractivity contribution is 6.18. The van der Waals surface area contributed by atoms with E-state index in [2.05, 4.69) is 0 Å². The summed E-state index contributed by atoms with van der Waals surface area (Å²) >= 11 is 0. The van der Waals surface area contributed by atoms with Gasteiger partial charge in [0.2, 0.25) is 0 Å². The van der Waals surface area contributed by atoms with Gasteiger partial charge in [0.15, 0.2) is 17.5 Å². The highest BCUT2D eigenvalue weighted by Gasteiger charge is 2.23. The third kappa shape index (κ3) is 4.45. The van der Waals surface area contributed by atoms with Crippen molar-refractivity contribution in [2.24, 2.45) is 0 Å². The average Bonchev–Trinajstić information content (AvgIpc) is 3.91. The number of rotatable bonds is 5. The van der Waals surface area contributed by atoms with Crippen LogP contribution in [-0.4, -0.2) is 19.5 Å². The summed E-state index contributed by atoms with van der Waals surface area (Å²) in [6.45, 7) is 0. The topological polar surface area (TPSA) is 56.7 Å². The number of hydrogen-bond acceptors (Lipinski definition) is 4. The Balaban J connectivity index is 1.49. The maximum Gasteiger partial charge on any atom is 0.166 e. The van der Waals surface area contributed by atoms with Gasteiger partial charge in [0.1, 0.15) is 11.2 Å². The second kappa shape index (κ2) is 11.4. The lowest BCUT2D eigenvalue weighted by Gasteiger charge is -2.13. The quantitative estimate of drug-likeness (QED) is 0.185. The summed E-state index contributed by atoms with van der Waals surface area (Å²) in [5.74, 6) is -0.0829. The fourth-order valence-corrected chi connectivity index (χ4v) is 6.06. The summed E-state index contributed by atoms with van der Waals surface area (Å²) in [5.41, 5.74) is -2.85. The maximum atomic E-state index is 9.62. The van der Waals surface area contributed by atoms with Gasteiger partial charge in [-0.3, -0.25) is 0 Å². The van der Waals surface area contributed by atoms with Crippen molar-refractivity contribution in [3.8, 4) is 51.0 Å². The molecule has 0 amide bonds. The van der Waals surface area contributed by atoms with E-state index >= 15 is 0 Å². The molecule has 0 N–H and O–H groups in total. The van der Waals surface area contributed by atoms with E-state index in [1.54, 1.807) is 60.7 Å². The molecule has 0 fully saturated rings. The summed E-state index contributed by atoms with van der Waals surface area (Å²) in [7, 11) is 0. The molecule has 0 aliphatic rings. The SMILES string of the molecule is [2H]c1c([2H])c([2H])c(-c2c([2H])c([2H])c([2H])c3c2oc2c([2H])c([2H])c([2H])c(-n4c5c([2H])c([2H])c([2H])c([2H])c5c5c([2H])c([2H])c([2H])c(-c6nc(-c7ccccc7)nc(-c7ccccc7)n6)c54)c23)c([2H])c1[2H]. The molecule has 0 aliphatic heterocycles. The van der Waals surface area contributed by atoms with Crippen LogP contribution >= 0.6 is 0 Å². The Morgan fingerprint density at radius 3 is 1.82 bits per heavy atom. The Morgan fingerprint density at radius 1 is 0.480 bits per heavy atom. The van der Waals surface area contributed by atoms with Crippen molar-refractivity contribution in [1.82, 2.24) is 19.5 Å². The van der Waals surface area contributed by atoms with Crippen molar-refractivity contribution < 1.29 is 29.1 Å². The van der Waals surface area contributed by atoms with Gasteiger partial charge in [0.05, 0.1) is 46.8 Å². The van der Waals surface area contributed by atoms with Crippen molar-refractivity contribution in [3.63, 3.8) is 0 Å². The zero-order chi connectivity index (χ0) is 48.7. The predicted octanol–water partition coefficient (Wildman–Crippen LogP) is 11.5. The van der Waals surface area contributed by atoms with Crippen molar-refractivity contribution >= 4 is 43.7 Å². The Morgan fingerprint density at radius 2 is 1.08 bits per heavy atom. The van der Waals surface area contributed by atoms with Crippen LogP contribution in [-0.2, 0) is 0 Å². The lowest BCUT2D eigenvalue weighted by Crippen LogP contribution is -2.02. The van der Waals surface area contributed by atoms with Gasteiger partial charge in [0.25, 0.3) is 0 Å². The van der Waals surface area contributed by atoms with Gasteiger partial charge in [-0.05, 0) is 29.7 Å². The smallest absolute Gasteiger partial charge is 0.166 e. The number of fused-ring (bicyclic) bond motifs is 6. The normalized spacial score (nSPS) is 16.6. The van der Waals surface area contributed by atoms with Gasteiger partial charge < -0.3 is 8.98 Å². The molecule has 3 aromatic heterocycles. The second-order valence-electron chi connectivity index (χ2n) is 11.1. The number of para-hydroxylation sites is 3. The minimum absolute atomic E-state index is 0.0972. The van der Waals surface area contributed by atoms with Gasteiger partial charge >= 0.3 is 0 Å². The number of aromatic nitrogens is 4. The van der Waals surface area contributed by atoms with Crippen molar-refractivity contribution in [2.75, 3.05) is 0 Å². The van der Waals surface area contributed by atoms with Crippen molar-refractivity contribution in [3.05, 3.63) is 169 Å². The lowest BCUT2D eigenvalue weighted by molar-refractivity contribution is 0.670. The van der Waals surface area contributed by atoms with E-state index in [1.165, 1.54) is 0 Å². The fraction of sp³-hybridized carbons (Fsp3) is 0. The summed E-state index contributed by atoms with van der Waals surface area (Å²) in [6, 6.07) is 3.69. The van der Waals surface area contributed by atoms with E-state index in [9.17, 15) is 8.22 Å². The standard InChI is InChI=1S/C45H28N4O/c1-4-15-29(16-5-1)32-22-12-24-35-40-38(27-14-28-39(40)50-42(32)35)49-37-26-11-10-21-33(37)34-23-13-25-36(41(34)49)45-47-43(30-17-6-2-7-18-30)46-44(48-45)31-19-8-3-9-20-31/h1-28H/i1D,4D,5D,10D,11D,12D,13D,14D,15D,16D,21D,22D,23D,24D,25D,26D,27D,28D. The van der Waals surface area contributed by atoms with Crippen LogP contribution in [0.3, 0.4) is 0 Å². The monoisotopic (exact) mass is 658 g/mol. The predicted molar refractivity (Wildman–Crippen MR) is 203 cm³/mol. The van der Waals surface area contributed by atoms with E-state index in [0.717, 1.165) is 4.57 Å². The first-order valence-corrected chi connectivity index (χ1v) is 15.2. The molecule has 0 saturated carbocycles. The molecular weight excluding hydrogens is 613 g/mol. The van der Waals surface area contributed by atoms with Crippen LogP contribution < -0.4 is 0 Å². The van der Waals surface area contributed by atoms with E-state index in [1.807, 2.05) is 0 Å². The van der Waals surface area contributed by atoms with Gasteiger partial charge in [-0.25, -0.2) is 15.0 Å². The molecule has 10 rings (SSSR count). The summed E-state index contributed by atoms with van der Waals surface area (Å²) in [5, 5.41) is -1.53. The van der Waals surface area contributed by atoms with Gasteiger partial charge in [-0.15, -0.1) is 0 Å². The van der Waals surface area contributed by atoms with Crippen LogP contribution in [0.5, 0.6) is 0 Å². The number of nitrogens with zero attached hydrogens (tertiary/aromatic N) is 4. The van der Waals surface area contributed by atoms with Crippen molar-refractivity contribution in [2.45, 2.75) is 0 Å². The van der Waals surface area contributed by atoms with Crippen LogP contribution in [0.1, 0.15) is 24.7 Å². The van der Waals surface area contributed by atoms with Crippen LogP contribution in [0.4, 0.5) is 0 Å². The molecule has 0 atom stereocenters. The Hall–Kier alpha value is -6.85. The second-order valence-corrected chi connectivity index (χ2v) is 11.1. The first-order valence-electron chi connectivity index (χ1n) is 24.2. The fourth-order valence-electron chi connectivity index (χ4n) is 6.06. The van der Waals surface area contributed by atoms with E-state index < -0.39 is 153 Å². The molecular formula is C45H28N4O. The molecule has 50 heavy (non-hydrogen) atoms. The molecule has 234 valence electrons. The Labute approximate surface area is 313 Å². The molecule has 0 saturated heterocycles. The van der Waals surface area contributed by atoms with Crippen LogP contribution in [0.25, 0.3) is 94.7 Å². The summed E-state index contributed by atoms with van der Waals surface area (Å²) in [4.78, 5) is 14.3. The molecule has 0 bridgehead atoms. The molecule has 7 aromatic carbocycles. The zero-order valence-corrected chi connectivity index (χ0v) is 25.5. The molecule has 5 heteroatoms. The molecule has 10 aromatic rings. The molecule has 0 radical (unpaired) electrons. The number of benzene rings is 7. The largest absolute Gasteiger partial charge is 0.455 e. The average molecular weight is 659 g/mol. The van der Waals surface area contributed by atoms with E-state index in [4.69, 9.17) is 35.8 Å². The number of hydrogen-bond donors (Lipinski definition) is 0. The summed E-state index contributed by atoms with van der Waals surface area (Å²) in [6.07, 6.45) is 0. The van der Waals surface area contributed by atoms with Crippen LogP contribution in [0.15, 0.2) is 174 Å². The third-order valence-corrected chi connectivity index (χ3v) is 8.21. The zero-order valence-electron chi connectivity index (χ0n) is 43.5. The molecule has 5 nitrogen and oxygen atoms in total. The van der Waals surface area contributed by atoms with E-state index in [0.29, 0.717) is 11.1 Å². The highest BCUT2D eigenvalue weighted by Crippen LogP contribution is 2.43. The minimum atomic E-state index is -0.835. The lowest BCUT2D eigenvalue weighted by atomic mass is 10.0. The summed E-state index contributed by atoms with van der Waals surface area (Å²) < 4.78 is 169. The Bertz CT molecular complexity index is 3810. The highest BCUT2D eigenvalue weighted by atomic mass is 16.3. The number of furan rings is 1. The third-order valence-electron chi connectivity index (χ3n) is 8.21. The molecule has 3 heterocycles. The van der Waals surface area contributed by atoms with Crippen LogP contribution in [0, 0.1) is 0 Å². The molecule has 0 aliphatic carbocycles. The van der Waals surface area contributed by atoms with Gasteiger partial charge in [-0.1, -0.05) is 145 Å². The molecule has 0 unspecified atom stereocenters. The Kier molecular flexibility index (Phi) is 3.55. The minimum Gasteiger partial charge on any atom is -0.455 e. The van der Waals surface area contributed by atoms with Gasteiger partial charge in [-0.2, -0.15) is 0 Å². The van der Waals surface area contributed by atoms with Crippen molar-refractivity contribution in [1.29, 1.82) is 0 Å². The van der Waals surface area contributed by atoms with Gasteiger partial charge in [0, 0.05) is 38.4 Å². The first kappa shape index (κ1) is 15.6. The first-order chi connectivity index (χ1) is 32.3. The maximum absolute atomic E-state index is 9.62. The van der Waals surface area contributed by atoms with Crippen LogP contribution in [0.2, 0.25) is 0 Å².